The van der Waals surface area contributed by atoms with Crippen molar-refractivity contribution in [1.82, 2.24) is 0 Å². The number of hydrogen-bond acceptors (Lipinski definition) is 3. The van der Waals surface area contributed by atoms with Crippen LogP contribution in [0.3, 0.4) is 0 Å². The van der Waals surface area contributed by atoms with E-state index in [4.69, 9.17) is 0 Å². The fraction of sp³-hybridized carbons (Fsp3) is 0.867. The van der Waals surface area contributed by atoms with Crippen molar-refractivity contribution >= 4 is 11.6 Å². The van der Waals surface area contributed by atoms with Crippen LogP contribution in [-0.2, 0) is 9.59 Å². The molecule has 0 bridgehead atoms. The number of rotatable bonds is 2. The number of Topliss-reactive ketones (excluding diaryl/α,β-unsaturated/α-hetero) is 2. The van der Waals surface area contributed by atoms with E-state index < -0.39 is 5.41 Å². The van der Waals surface area contributed by atoms with E-state index in [1.165, 1.54) is 5.57 Å². The van der Waals surface area contributed by atoms with Crippen molar-refractivity contribution in [2.24, 2.45) is 56.7 Å². The zero-order valence-corrected chi connectivity index (χ0v) is 21.9. The number of aliphatic hydroxyl groups excluding tert-OH is 1. The van der Waals surface area contributed by atoms with Gasteiger partial charge in [0.15, 0.2) is 0 Å². The SMILES string of the molecule is C=C(C)[C@@H]1CC[C@]2(CO)CC[C@]3(C)[C@H](CC[C@@H]4[C@@]5(C)CCC(=O)C(C)(C)[C@@H]5CC(=O)[C@]43C)[C@@H]12. The average Bonchev–Trinajstić information content (AvgIpc) is 3.15. The number of allylic oxidation sites excluding steroid dienone is 1. The van der Waals surface area contributed by atoms with Gasteiger partial charge in [-0.15, -0.1) is 0 Å². The molecule has 0 aliphatic heterocycles. The van der Waals surface area contributed by atoms with E-state index in [0.717, 1.165) is 44.9 Å². The lowest BCUT2D eigenvalue weighted by Crippen LogP contribution is -2.69. The molecule has 0 aromatic heterocycles. The second-order valence-corrected chi connectivity index (χ2v) is 14.2. The predicted octanol–water partition coefficient (Wildman–Crippen LogP) is 6.38. The van der Waals surface area contributed by atoms with Crippen molar-refractivity contribution in [3.63, 3.8) is 0 Å². The first-order chi connectivity index (χ1) is 15.3. The maximum Gasteiger partial charge on any atom is 0.139 e. The van der Waals surface area contributed by atoms with Crippen LogP contribution in [0.2, 0.25) is 0 Å². The predicted molar refractivity (Wildman–Crippen MR) is 131 cm³/mol. The van der Waals surface area contributed by atoms with E-state index in [0.29, 0.717) is 48.1 Å². The molecule has 5 fully saturated rings. The molecule has 5 aliphatic rings. The van der Waals surface area contributed by atoms with Crippen LogP contribution in [0.25, 0.3) is 0 Å². The van der Waals surface area contributed by atoms with E-state index in [1.807, 2.05) is 0 Å². The summed E-state index contributed by atoms with van der Waals surface area (Å²) in [5.41, 5.74) is 0.525. The lowest BCUT2D eigenvalue weighted by atomic mass is 9.32. The quantitative estimate of drug-likeness (QED) is 0.492. The summed E-state index contributed by atoms with van der Waals surface area (Å²) in [7, 11) is 0. The van der Waals surface area contributed by atoms with Gasteiger partial charge < -0.3 is 5.11 Å². The van der Waals surface area contributed by atoms with Gasteiger partial charge in [-0.2, -0.15) is 0 Å². The van der Waals surface area contributed by atoms with Crippen molar-refractivity contribution in [2.45, 2.75) is 99.3 Å². The third-order valence-corrected chi connectivity index (χ3v) is 13.1. The number of aliphatic hydroxyl groups is 1. The van der Waals surface area contributed by atoms with Crippen molar-refractivity contribution in [3.05, 3.63) is 12.2 Å². The zero-order valence-electron chi connectivity index (χ0n) is 21.9. The molecule has 5 rings (SSSR count). The molecule has 0 spiro atoms. The van der Waals surface area contributed by atoms with Crippen LogP contribution in [0.5, 0.6) is 0 Å². The molecule has 3 nitrogen and oxygen atoms in total. The molecular formula is C30H46O3. The number of ketones is 2. The molecule has 3 heteroatoms. The van der Waals surface area contributed by atoms with E-state index in [2.05, 4.69) is 48.1 Å². The first-order valence-corrected chi connectivity index (χ1v) is 13.6. The molecule has 5 saturated carbocycles. The molecule has 184 valence electrons. The van der Waals surface area contributed by atoms with Gasteiger partial charge in [0.25, 0.3) is 0 Å². The summed E-state index contributed by atoms with van der Waals surface area (Å²) < 4.78 is 0. The van der Waals surface area contributed by atoms with E-state index in [9.17, 15) is 14.7 Å². The van der Waals surface area contributed by atoms with Crippen molar-refractivity contribution in [3.8, 4) is 0 Å². The molecule has 5 aliphatic carbocycles. The van der Waals surface area contributed by atoms with Crippen LogP contribution >= 0.6 is 0 Å². The second kappa shape index (κ2) is 7.05. The largest absolute Gasteiger partial charge is 0.396 e. The Morgan fingerprint density at radius 3 is 2.27 bits per heavy atom. The van der Waals surface area contributed by atoms with Crippen LogP contribution in [0.1, 0.15) is 99.3 Å². The molecule has 33 heavy (non-hydrogen) atoms. The molecule has 0 aromatic carbocycles. The molecule has 0 unspecified atom stereocenters. The monoisotopic (exact) mass is 454 g/mol. The maximum atomic E-state index is 14.3. The minimum atomic E-state index is -0.406. The first-order valence-electron chi connectivity index (χ1n) is 13.6. The van der Waals surface area contributed by atoms with E-state index in [-0.39, 0.29) is 34.2 Å². The Hall–Kier alpha value is -0.960. The summed E-state index contributed by atoms with van der Waals surface area (Å²) in [6.07, 6.45) is 8.70. The highest BCUT2D eigenvalue weighted by Gasteiger charge is 2.73. The van der Waals surface area contributed by atoms with Gasteiger partial charge in [0.05, 0.1) is 0 Å². The highest BCUT2D eigenvalue weighted by molar-refractivity contribution is 5.91. The molecular weight excluding hydrogens is 408 g/mol. The average molecular weight is 455 g/mol. The summed E-state index contributed by atoms with van der Waals surface area (Å²) in [6.45, 7) is 18.2. The summed E-state index contributed by atoms with van der Waals surface area (Å²) in [5.74, 6) is 2.65. The number of fused-ring (bicyclic) bond motifs is 7. The zero-order chi connectivity index (χ0) is 24.2. The van der Waals surface area contributed by atoms with Gasteiger partial charge in [-0.3, -0.25) is 9.59 Å². The summed E-state index contributed by atoms with van der Waals surface area (Å²) in [6, 6.07) is 0. The van der Waals surface area contributed by atoms with Gasteiger partial charge in [0.2, 0.25) is 0 Å². The molecule has 0 amide bonds. The Kier molecular flexibility index (Phi) is 5.08. The highest BCUT2D eigenvalue weighted by atomic mass is 16.3. The topological polar surface area (TPSA) is 54.4 Å². The second-order valence-electron chi connectivity index (χ2n) is 14.2. The lowest BCUT2D eigenvalue weighted by Gasteiger charge is -2.71. The van der Waals surface area contributed by atoms with Crippen LogP contribution in [0.4, 0.5) is 0 Å². The fourth-order valence-corrected chi connectivity index (χ4v) is 11.0. The number of carbonyl (C=O) groups excluding carboxylic acids is 2. The van der Waals surface area contributed by atoms with Gasteiger partial charge in [-0.25, -0.2) is 0 Å². The molecule has 0 radical (unpaired) electrons. The molecule has 9 atom stereocenters. The smallest absolute Gasteiger partial charge is 0.139 e. The molecule has 0 heterocycles. The van der Waals surface area contributed by atoms with Gasteiger partial charge >= 0.3 is 0 Å². The Labute approximate surface area is 201 Å². The maximum absolute atomic E-state index is 14.3. The third-order valence-electron chi connectivity index (χ3n) is 13.1. The minimum absolute atomic E-state index is 0.0143. The first kappa shape index (κ1) is 23.8. The van der Waals surface area contributed by atoms with Crippen LogP contribution < -0.4 is 0 Å². The standard InChI is InChI=1S/C30H46O3/c1-18(2)19-10-13-30(17-31)15-14-28(6)20(25(19)30)8-9-21-27(5)12-11-23(32)26(3,4)22(27)16-24(33)29(21,28)7/h19-22,25,31H,1,8-17H2,2-7H3/t19-,20+,21+,22-,25+,27+,28+,29-,30+/m0/s1. The number of carbonyl (C=O) groups is 2. The number of hydrogen-bond donors (Lipinski definition) is 1. The van der Waals surface area contributed by atoms with Crippen LogP contribution in [0.15, 0.2) is 12.2 Å². The van der Waals surface area contributed by atoms with Gasteiger partial charge in [-0.05, 0) is 97.7 Å². The Morgan fingerprint density at radius 2 is 1.64 bits per heavy atom. The highest BCUT2D eigenvalue weighted by Crippen LogP contribution is 2.76. The Bertz CT molecular complexity index is 902. The normalized spacial score (nSPS) is 53.0. The minimum Gasteiger partial charge on any atom is -0.396 e. The van der Waals surface area contributed by atoms with Gasteiger partial charge in [0, 0.05) is 30.3 Å². The fourth-order valence-electron chi connectivity index (χ4n) is 11.0. The van der Waals surface area contributed by atoms with E-state index >= 15 is 0 Å². The third kappa shape index (κ3) is 2.67. The van der Waals surface area contributed by atoms with Crippen molar-refractivity contribution in [1.29, 1.82) is 0 Å². The Balaban J connectivity index is 1.60. The molecule has 1 N–H and O–H groups in total. The summed E-state index contributed by atoms with van der Waals surface area (Å²) in [4.78, 5) is 27.2. The molecule has 0 aromatic rings. The molecule has 0 saturated heterocycles. The summed E-state index contributed by atoms with van der Waals surface area (Å²) in [5, 5.41) is 10.6. The Morgan fingerprint density at radius 1 is 0.939 bits per heavy atom. The van der Waals surface area contributed by atoms with Crippen molar-refractivity contribution < 1.29 is 14.7 Å². The van der Waals surface area contributed by atoms with Crippen LogP contribution in [0, 0.1) is 56.7 Å². The lowest BCUT2D eigenvalue weighted by molar-refractivity contribution is -0.226. The van der Waals surface area contributed by atoms with Crippen LogP contribution in [-0.4, -0.2) is 23.3 Å². The summed E-state index contributed by atoms with van der Waals surface area (Å²) >= 11 is 0. The van der Waals surface area contributed by atoms with Gasteiger partial charge in [0.1, 0.15) is 11.6 Å². The van der Waals surface area contributed by atoms with E-state index in [1.54, 1.807) is 0 Å². The van der Waals surface area contributed by atoms with Crippen molar-refractivity contribution in [2.75, 3.05) is 6.61 Å². The van der Waals surface area contributed by atoms with Gasteiger partial charge in [-0.1, -0.05) is 46.8 Å².